The highest BCUT2D eigenvalue weighted by atomic mass is 19.4. The first-order valence-electron chi connectivity index (χ1n) is 8.00. The van der Waals surface area contributed by atoms with Crippen LogP contribution in [0.25, 0.3) is 0 Å². The molecule has 1 aliphatic carbocycles. The minimum absolute atomic E-state index is 0.274. The van der Waals surface area contributed by atoms with Crippen LogP contribution in [0.15, 0.2) is 36.7 Å². The molecule has 0 aliphatic heterocycles. The summed E-state index contributed by atoms with van der Waals surface area (Å²) in [6, 6.07) is 4.44. The number of hydrogen-bond donors (Lipinski definition) is 3. The maximum Gasteiger partial charge on any atom is 0.416 e. The Morgan fingerprint density at radius 3 is 2.48 bits per heavy atom. The fraction of sp³-hybridized carbons (Fsp3) is 0.471. The molecule has 1 aliphatic rings. The third kappa shape index (κ3) is 3.86. The minimum atomic E-state index is -4.38. The van der Waals surface area contributed by atoms with Gasteiger partial charge >= 0.3 is 6.18 Å². The molecule has 2 aromatic rings. The Hall–Kier alpha value is -1.90. The maximum absolute atomic E-state index is 12.7. The monoisotopic (exact) mass is 355 g/mol. The molecule has 1 heterocycles. The molecule has 1 saturated carbocycles. The molecule has 5 nitrogen and oxygen atoms in total. The van der Waals surface area contributed by atoms with E-state index in [4.69, 9.17) is 0 Å². The number of halogens is 3. The molecule has 1 aromatic heterocycles. The topological polar surface area (TPSA) is 70.3 Å². The number of rotatable bonds is 4. The smallest absolute Gasteiger partial charge is 0.390 e. The van der Waals surface area contributed by atoms with Crippen LogP contribution in [-0.4, -0.2) is 38.2 Å². The molecule has 0 bridgehead atoms. The number of alkyl halides is 3. The number of aliphatic hydroxyl groups excluding tert-OH is 2. The van der Waals surface area contributed by atoms with E-state index in [0.29, 0.717) is 12.1 Å². The van der Waals surface area contributed by atoms with Crippen molar-refractivity contribution in [2.45, 2.75) is 43.3 Å². The van der Waals surface area contributed by atoms with Crippen LogP contribution in [0.3, 0.4) is 0 Å². The Balaban J connectivity index is 1.76. The van der Waals surface area contributed by atoms with Gasteiger partial charge in [0.05, 0.1) is 24.0 Å². The van der Waals surface area contributed by atoms with E-state index in [-0.39, 0.29) is 12.3 Å². The molecule has 0 spiro atoms. The number of nitrogens with one attached hydrogen (secondary N) is 1. The van der Waals surface area contributed by atoms with E-state index in [1.807, 2.05) is 6.20 Å². The van der Waals surface area contributed by atoms with Gasteiger partial charge in [-0.05, 0) is 24.1 Å². The number of nitrogens with zero attached hydrogens (tertiary/aromatic N) is 2. The highest BCUT2D eigenvalue weighted by Gasteiger charge is 2.42. The van der Waals surface area contributed by atoms with Gasteiger partial charge in [0.25, 0.3) is 0 Å². The predicted octanol–water partition coefficient (Wildman–Crippen LogP) is 1.81. The number of hydrogen-bond acceptors (Lipinski definition) is 4. The minimum Gasteiger partial charge on any atom is -0.390 e. The summed E-state index contributed by atoms with van der Waals surface area (Å²) in [5.74, 6) is -0.274. The Morgan fingerprint density at radius 1 is 1.24 bits per heavy atom. The van der Waals surface area contributed by atoms with E-state index in [1.54, 1.807) is 17.9 Å². The van der Waals surface area contributed by atoms with Crippen LogP contribution in [0, 0.1) is 0 Å². The molecule has 4 atom stereocenters. The summed E-state index contributed by atoms with van der Waals surface area (Å²) in [7, 11) is 1.79. The van der Waals surface area contributed by atoms with Gasteiger partial charge in [0.2, 0.25) is 0 Å². The molecular formula is C17H20F3N3O2. The second-order valence-electron chi connectivity index (χ2n) is 6.45. The zero-order chi connectivity index (χ0) is 18.2. The number of aliphatic hydroxyl groups is 2. The van der Waals surface area contributed by atoms with Gasteiger partial charge in [-0.1, -0.05) is 12.1 Å². The Kier molecular flexibility index (Phi) is 4.86. The third-order valence-corrected chi connectivity index (χ3v) is 4.66. The van der Waals surface area contributed by atoms with Crippen LogP contribution in [-0.2, 0) is 19.8 Å². The number of benzene rings is 1. The molecular weight excluding hydrogens is 335 g/mol. The van der Waals surface area contributed by atoms with Gasteiger partial charge in [-0.2, -0.15) is 18.3 Å². The van der Waals surface area contributed by atoms with Gasteiger partial charge < -0.3 is 15.5 Å². The largest absolute Gasteiger partial charge is 0.416 e. The van der Waals surface area contributed by atoms with Crippen LogP contribution < -0.4 is 5.32 Å². The zero-order valence-electron chi connectivity index (χ0n) is 13.6. The van der Waals surface area contributed by atoms with E-state index in [1.165, 1.54) is 12.1 Å². The highest BCUT2D eigenvalue weighted by molar-refractivity contribution is 5.30. The predicted molar refractivity (Wildman–Crippen MR) is 84.7 cm³/mol. The number of aryl methyl sites for hydroxylation is 1. The van der Waals surface area contributed by atoms with Crippen molar-refractivity contribution in [1.29, 1.82) is 0 Å². The average molecular weight is 355 g/mol. The molecule has 0 amide bonds. The van der Waals surface area contributed by atoms with E-state index < -0.39 is 30.0 Å². The average Bonchev–Trinajstić information content (AvgIpc) is 3.09. The lowest BCUT2D eigenvalue weighted by Crippen LogP contribution is -2.41. The Morgan fingerprint density at radius 2 is 1.92 bits per heavy atom. The molecule has 0 radical (unpaired) electrons. The van der Waals surface area contributed by atoms with Gasteiger partial charge in [-0.3, -0.25) is 4.68 Å². The van der Waals surface area contributed by atoms with Crippen molar-refractivity contribution < 1.29 is 23.4 Å². The van der Waals surface area contributed by atoms with Crippen molar-refractivity contribution in [2.75, 3.05) is 0 Å². The summed E-state index contributed by atoms with van der Waals surface area (Å²) in [4.78, 5) is 0. The summed E-state index contributed by atoms with van der Waals surface area (Å²) in [6.45, 7) is 0.444. The van der Waals surface area contributed by atoms with E-state index in [0.717, 1.165) is 17.7 Å². The fourth-order valence-corrected chi connectivity index (χ4v) is 3.35. The third-order valence-electron chi connectivity index (χ3n) is 4.66. The van der Waals surface area contributed by atoms with Gasteiger partial charge in [0.15, 0.2) is 0 Å². The standard InChI is InChI=1S/C17H20F3N3O2/c1-23-9-10(8-22-23)7-21-15-13(6-14(24)16(15)25)11-2-4-12(5-3-11)17(18,19)20/h2-5,8-9,13-16,21,24-25H,6-7H2,1H3. The summed E-state index contributed by atoms with van der Waals surface area (Å²) >= 11 is 0. The molecule has 0 saturated heterocycles. The lowest BCUT2D eigenvalue weighted by atomic mass is 9.92. The van der Waals surface area contributed by atoms with Crippen molar-refractivity contribution in [2.24, 2.45) is 7.05 Å². The van der Waals surface area contributed by atoms with Crippen LogP contribution in [0.5, 0.6) is 0 Å². The van der Waals surface area contributed by atoms with E-state index in [2.05, 4.69) is 10.4 Å². The van der Waals surface area contributed by atoms with Crippen LogP contribution in [0.4, 0.5) is 13.2 Å². The van der Waals surface area contributed by atoms with Crippen molar-refractivity contribution in [1.82, 2.24) is 15.1 Å². The zero-order valence-corrected chi connectivity index (χ0v) is 13.6. The molecule has 4 unspecified atom stereocenters. The molecule has 8 heteroatoms. The van der Waals surface area contributed by atoms with Crippen LogP contribution in [0.2, 0.25) is 0 Å². The van der Waals surface area contributed by atoms with Gasteiger partial charge in [0, 0.05) is 37.3 Å². The Labute approximate surface area is 143 Å². The molecule has 1 aromatic carbocycles. The first-order chi connectivity index (χ1) is 11.8. The normalized spacial score (nSPS) is 27.0. The SMILES string of the molecule is Cn1cc(CNC2C(c3ccc(C(F)(F)F)cc3)CC(O)C2O)cn1. The summed E-state index contributed by atoms with van der Waals surface area (Å²) < 4.78 is 39.8. The van der Waals surface area contributed by atoms with Gasteiger partial charge in [-0.15, -0.1) is 0 Å². The van der Waals surface area contributed by atoms with Gasteiger partial charge in [0.1, 0.15) is 0 Å². The van der Waals surface area contributed by atoms with Crippen molar-refractivity contribution >= 4 is 0 Å². The lowest BCUT2D eigenvalue weighted by Gasteiger charge is -2.24. The summed E-state index contributed by atoms with van der Waals surface area (Å²) in [5, 5.41) is 27.5. The van der Waals surface area contributed by atoms with Crippen molar-refractivity contribution in [3.63, 3.8) is 0 Å². The number of aromatic nitrogens is 2. The second kappa shape index (κ2) is 6.78. The highest BCUT2D eigenvalue weighted by Crippen LogP contribution is 2.37. The summed E-state index contributed by atoms with van der Waals surface area (Å²) in [6.07, 6.45) is -2.47. The van der Waals surface area contributed by atoms with E-state index in [9.17, 15) is 23.4 Å². The Bertz CT molecular complexity index is 715. The van der Waals surface area contributed by atoms with Crippen molar-refractivity contribution in [3.05, 3.63) is 53.3 Å². The molecule has 1 fully saturated rings. The van der Waals surface area contributed by atoms with Gasteiger partial charge in [-0.25, -0.2) is 0 Å². The van der Waals surface area contributed by atoms with Crippen LogP contribution >= 0.6 is 0 Å². The quantitative estimate of drug-likeness (QED) is 0.782. The fourth-order valence-electron chi connectivity index (χ4n) is 3.35. The first-order valence-corrected chi connectivity index (χ1v) is 8.00. The van der Waals surface area contributed by atoms with Crippen LogP contribution in [0.1, 0.15) is 29.0 Å². The van der Waals surface area contributed by atoms with E-state index >= 15 is 0 Å². The first kappa shape index (κ1) is 17.9. The molecule has 25 heavy (non-hydrogen) atoms. The maximum atomic E-state index is 12.7. The second-order valence-corrected chi connectivity index (χ2v) is 6.45. The molecule has 3 N–H and O–H groups in total. The molecule has 3 rings (SSSR count). The van der Waals surface area contributed by atoms with Crippen molar-refractivity contribution in [3.8, 4) is 0 Å². The lowest BCUT2D eigenvalue weighted by molar-refractivity contribution is -0.137. The molecule has 136 valence electrons. The summed E-state index contributed by atoms with van der Waals surface area (Å²) in [5.41, 5.74) is 0.866.